The van der Waals surface area contributed by atoms with Crippen molar-refractivity contribution in [3.8, 4) is 56.8 Å². The van der Waals surface area contributed by atoms with Crippen molar-refractivity contribution in [3.63, 3.8) is 0 Å². The Labute approximate surface area is 311 Å². The largest absolute Gasteiger partial charge is 0.495 e. The number of methoxy groups -OCH3 is 2. The highest BCUT2D eigenvalue weighted by Crippen LogP contribution is 2.49. The lowest BCUT2D eigenvalue weighted by atomic mass is 9.88. The molecule has 0 radical (unpaired) electrons. The molecule has 10 nitrogen and oxygen atoms in total. The predicted octanol–water partition coefficient (Wildman–Crippen LogP) is 9.06. The third-order valence-electron chi connectivity index (χ3n) is 10.8. The smallest absolute Gasteiger partial charge is 0.342 e. The summed E-state index contributed by atoms with van der Waals surface area (Å²) in [4.78, 5) is 24.9. The number of rotatable bonds is 4. The molecular weight excluding hydrogens is 688 g/mol. The summed E-state index contributed by atoms with van der Waals surface area (Å²) in [5.41, 5.74) is 11.3. The van der Waals surface area contributed by atoms with Gasteiger partial charge in [-0.15, -0.1) is 0 Å². The van der Waals surface area contributed by atoms with Crippen LogP contribution in [0.3, 0.4) is 0 Å². The molecule has 0 saturated heterocycles. The normalized spacial score (nSPS) is 14.4. The van der Waals surface area contributed by atoms with Crippen molar-refractivity contribution < 1.29 is 47.5 Å². The topological polar surface area (TPSA) is 108 Å². The summed E-state index contributed by atoms with van der Waals surface area (Å²) in [6.07, 6.45) is 0. The molecule has 0 atom stereocenters. The zero-order valence-corrected chi connectivity index (χ0v) is 30.7. The molecule has 54 heavy (non-hydrogen) atoms. The molecule has 0 saturated carbocycles. The van der Waals surface area contributed by atoms with Crippen molar-refractivity contribution in [1.82, 2.24) is 0 Å². The van der Waals surface area contributed by atoms with Gasteiger partial charge in [0.05, 0.1) is 14.2 Å². The average Bonchev–Trinajstić information content (AvgIpc) is 3.99. The van der Waals surface area contributed by atoms with Gasteiger partial charge < -0.3 is 37.9 Å². The lowest BCUT2D eigenvalue weighted by Crippen LogP contribution is -2.02. The molecule has 0 fully saturated rings. The molecule has 0 amide bonds. The van der Waals surface area contributed by atoms with Gasteiger partial charge in [0, 0.05) is 21.9 Å². The molecule has 4 aliphatic heterocycles. The van der Waals surface area contributed by atoms with E-state index in [2.05, 4.69) is 52.0 Å². The molecule has 10 rings (SSSR count). The van der Waals surface area contributed by atoms with E-state index in [-0.39, 0.29) is 38.7 Å². The van der Waals surface area contributed by atoms with Crippen LogP contribution >= 0.6 is 0 Å². The van der Waals surface area contributed by atoms with Gasteiger partial charge in [0.25, 0.3) is 0 Å². The van der Waals surface area contributed by atoms with Crippen molar-refractivity contribution in [3.05, 3.63) is 105 Å². The Morgan fingerprint density at radius 1 is 0.444 bits per heavy atom. The molecule has 10 heteroatoms. The Morgan fingerprint density at radius 2 is 0.815 bits per heavy atom. The molecule has 4 heterocycles. The van der Waals surface area contributed by atoms with Crippen LogP contribution in [-0.4, -0.2) is 39.7 Å². The van der Waals surface area contributed by atoms with Crippen LogP contribution in [0.15, 0.2) is 60.7 Å². The Bertz CT molecular complexity index is 2440. The number of benzene rings is 6. The maximum Gasteiger partial charge on any atom is 0.342 e. The second kappa shape index (κ2) is 12.6. The molecule has 0 spiro atoms. The molecule has 0 bridgehead atoms. The van der Waals surface area contributed by atoms with Crippen LogP contribution in [0, 0.1) is 27.7 Å². The zero-order valence-electron chi connectivity index (χ0n) is 30.7. The highest BCUT2D eigenvalue weighted by molar-refractivity contribution is 6.13. The van der Waals surface area contributed by atoms with Gasteiger partial charge >= 0.3 is 11.9 Å². The number of cyclic esters (lactones) is 2. The molecule has 6 aromatic carbocycles. The highest BCUT2D eigenvalue weighted by Gasteiger charge is 2.34. The van der Waals surface area contributed by atoms with E-state index in [1.54, 1.807) is 14.2 Å². The van der Waals surface area contributed by atoms with E-state index in [1.807, 2.05) is 36.4 Å². The molecule has 6 aromatic rings. The quantitative estimate of drug-likeness (QED) is 0.163. The molecule has 4 aliphatic rings. The Balaban J connectivity index is 0.000000142. The summed E-state index contributed by atoms with van der Waals surface area (Å²) in [7, 11) is 3.19. The number of fused-ring (bicyclic) bond motifs is 6. The minimum Gasteiger partial charge on any atom is -0.495 e. The number of ether oxygens (including phenoxy) is 8. The summed E-state index contributed by atoms with van der Waals surface area (Å²) in [6, 6.07) is 20.2. The number of hydrogen-bond donors (Lipinski definition) is 0. The van der Waals surface area contributed by atoms with Crippen molar-refractivity contribution in [2.24, 2.45) is 0 Å². The van der Waals surface area contributed by atoms with Gasteiger partial charge in [-0.3, -0.25) is 0 Å². The summed E-state index contributed by atoms with van der Waals surface area (Å²) >= 11 is 0. The maximum absolute atomic E-state index is 12.5. The van der Waals surface area contributed by atoms with E-state index in [4.69, 9.17) is 37.9 Å². The second-order valence-electron chi connectivity index (χ2n) is 13.8. The number of carbonyl (C=O) groups is 2. The number of hydrogen-bond acceptors (Lipinski definition) is 10. The van der Waals surface area contributed by atoms with Gasteiger partial charge in [0.1, 0.15) is 35.8 Å². The number of aryl methyl sites for hydroxylation is 4. The van der Waals surface area contributed by atoms with E-state index in [0.29, 0.717) is 34.1 Å². The first-order chi connectivity index (χ1) is 26.2. The molecule has 0 unspecified atom stereocenters. The van der Waals surface area contributed by atoms with Gasteiger partial charge in [0.2, 0.25) is 13.6 Å². The summed E-state index contributed by atoms with van der Waals surface area (Å²) in [5.74, 6) is 3.34. The Hall–Kier alpha value is -6.42. The van der Waals surface area contributed by atoms with Gasteiger partial charge in [-0.2, -0.15) is 0 Å². The average molecular weight is 725 g/mol. The monoisotopic (exact) mass is 724 g/mol. The van der Waals surface area contributed by atoms with Gasteiger partial charge in [-0.05, 0) is 119 Å². The minimum atomic E-state index is -0.344. The third-order valence-corrected chi connectivity index (χ3v) is 10.8. The fourth-order valence-corrected chi connectivity index (χ4v) is 7.87. The van der Waals surface area contributed by atoms with Crippen molar-refractivity contribution >= 4 is 33.5 Å². The van der Waals surface area contributed by atoms with E-state index in [1.165, 1.54) is 11.1 Å². The Kier molecular flexibility index (Phi) is 7.81. The lowest BCUT2D eigenvalue weighted by molar-refractivity contribution is 0.0524. The van der Waals surface area contributed by atoms with Crippen LogP contribution in [0.25, 0.3) is 43.8 Å². The molecular formula is C44H36O10. The van der Waals surface area contributed by atoms with Gasteiger partial charge in [-0.1, -0.05) is 24.3 Å². The summed E-state index contributed by atoms with van der Waals surface area (Å²) < 4.78 is 44.1. The van der Waals surface area contributed by atoms with Crippen LogP contribution in [-0.2, 0) is 22.7 Å². The molecule has 0 aromatic heterocycles. The van der Waals surface area contributed by atoms with E-state index >= 15 is 0 Å². The van der Waals surface area contributed by atoms with Gasteiger partial charge in [-0.25, -0.2) is 9.59 Å². The zero-order chi connectivity index (χ0) is 37.4. The van der Waals surface area contributed by atoms with E-state index in [9.17, 15) is 9.59 Å². The minimum absolute atomic E-state index is 0.222. The number of carbonyl (C=O) groups excluding carboxylic acids is 2. The van der Waals surface area contributed by atoms with Crippen molar-refractivity contribution in [1.29, 1.82) is 0 Å². The first kappa shape index (κ1) is 33.4. The summed E-state index contributed by atoms with van der Waals surface area (Å²) in [6.45, 7) is 9.19. The van der Waals surface area contributed by atoms with Crippen LogP contribution in [0.2, 0.25) is 0 Å². The van der Waals surface area contributed by atoms with E-state index < -0.39 is 0 Å². The van der Waals surface area contributed by atoms with Crippen LogP contribution in [0.4, 0.5) is 0 Å². The van der Waals surface area contributed by atoms with Crippen LogP contribution in [0.1, 0.15) is 54.1 Å². The lowest BCUT2D eigenvalue weighted by Gasteiger charge is -2.17. The number of esters is 2. The van der Waals surface area contributed by atoms with Crippen LogP contribution in [0.5, 0.6) is 34.5 Å². The first-order valence-corrected chi connectivity index (χ1v) is 17.6. The molecule has 0 aliphatic carbocycles. The first-order valence-electron chi connectivity index (χ1n) is 17.6. The van der Waals surface area contributed by atoms with Crippen molar-refractivity contribution in [2.45, 2.75) is 40.9 Å². The fourth-order valence-electron chi connectivity index (χ4n) is 7.87. The standard InChI is InChI=1S/2C22H18O5/c2*1-11-6-14-15(7-12(11)2)21(24-3)20-16(9-25-22(20)23)19(14)13-4-5-17-18(8-13)27-10-26-17/h2*4-8H,9-10H2,1-3H3. The van der Waals surface area contributed by atoms with Crippen LogP contribution < -0.4 is 28.4 Å². The van der Waals surface area contributed by atoms with Gasteiger partial charge in [0.15, 0.2) is 23.0 Å². The molecule has 272 valence electrons. The van der Waals surface area contributed by atoms with E-state index in [0.717, 1.165) is 77.6 Å². The Morgan fingerprint density at radius 3 is 1.20 bits per heavy atom. The SMILES string of the molecule is COc1c2c(c(-c3ccc4c(c3)OCO4)c3cc(C)c(C)cc13)COC2=O.COc1c2c(c(-c3ccc4c(c3)OCO4)c3cc(C)c(C)cc13)COC2=O. The third kappa shape index (κ3) is 5.08. The predicted molar refractivity (Wildman–Crippen MR) is 201 cm³/mol. The highest BCUT2D eigenvalue weighted by atomic mass is 16.7. The fraction of sp³-hybridized carbons (Fsp3) is 0.227. The molecule has 0 N–H and O–H groups in total. The summed E-state index contributed by atoms with van der Waals surface area (Å²) in [5, 5.41) is 3.88. The second-order valence-corrected chi connectivity index (χ2v) is 13.8. The van der Waals surface area contributed by atoms with Crippen molar-refractivity contribution in [2.75, 3.05) is 27.8 Å². The maximum atomic E-state index is 12.5.